The summed E-state index contributed by atoms with van der Waals surface area (Å²) in [4.78, 5) is 29.4. The lowest BCUT2D eigenvalue weighted by molar-refractivity contribution is -0.140. The minimum Gasteiger partial charge on any atom is -0.497 e. The number of aryl methyl sites for hydroxylation is 1. The minimum atomic E-state index is -4.23. The standard InChI is InChI=1S/C34H36ClN3O5S/c1-4-36-34(40)32(22-26-8-6-5-7-9-26)37(23-27-12-10-25(2)11-13-27)33(39)24-38(29-16-14-28(35)15-17-29)44(41,42)31-20-18-30(43-3)19-21-31/h5-21,32H,4,22-24H2,1-3H3,(H,36,40). The molecule has 0 aromatic heterocycles. The summed E-state index contributed by atoms with van der Waals surface area (Å²) in [6, 6.07) is 28.4. The normalized spacial score (nSPS) is 11.8. The monoisotopic (exact) mass is 633 g/mol. The van der Waals surface area contributed by atoms with Gasteiger partial charge < -0.3 is 15.0 Å². The van der Waals surface area contributed by atoms with Crippen molar-refractivity contribution < 1.29 is 22.7 Å². The van der Waals surface area contributed by atoms with Gasteiger partial charge >= 0.3 is 0 Å². The molecule has 0 aliphatic rings. The van der Waals surface area contributed by atoms with Crippen molar-refractivity contribution in [1.29, 1.82) is 0 Å². The van der Waals surface area contributed by atoms with Gasteiger partial charge in [-0.3, -0.25) is 13.9 Å². The topological polar surface area (TPSA) is 96.0 Å². The number of rotatable bonds is 13. The Balaban J connectivity index is 1.78. The Labute approximate surface area is 264 Å². The van der Waals surface area contributed by atoms with E-state index in [9.17, 15) is 18.0 Å². The van der Waals surface area contributed by atoms with Crippen LogP contribution in [0.2, 0.25) is 5.02 Å². The number of hydrogen-bond donors (Lipinski definition) is 1. The van der Waals surface area contributed by atoms with Crippen molar-refractivity contribution in [3.63, 3.8) is 0 Å². The number of anilines is 1. The average molecular weight is 634 g/mol. The van der Waals surface area contributed by atoms with Gasteiger partial charge in [0, 0.05) is 24.5 Å². The summed E-state index contributed by atoms with van der Waals surface area (Å²) in [6.07, 6.45) is 0.246. The second-order valence-electron chi connectivity index (χ2n) is 10.3. The average Bonchev–Trinajstić information content (AvgIpc) is 3.03. The summed E-state index contributed by atoms with van der Waals surface area (Å²) < 4.78 is 34.4. The number of nitrogens with one attached hydrogen (secondary N) is 1. The number of methoxy groups -OCH3 is 1. The third kappa shape index (κ3) is 8.18. The first kappa shape index (κ1) is 32.6. The highest BCUT2D eigenvalue weighted by molar-refractivity contribution is 7.92. The molecule has 230 valence electrons. The fourth-order valence-corrected chi connectivity index (χ4v) is 6.29. The number of nitrogens with zero attached hydrogens (tertiary/aromatic N) is 2. The Morgan fingerprint density at radius 1 is 0.864 bits per heavy atom. The Morgan fingerprint density at radius 2 is 1.50 bits per heavy atom. The molecule has 0 saturated carbocycles. The van der Waals surface area contributed by atoms with Crippen LogP contribution in [0.25, 0.3) is 0 Å². The third-order valence-corrected chi connectivity index (χ3v) is 9.18. The summed E-state index contributed by atoms with van der Waals surface area (Å²) >= 11 is 6.12. The number of hydrogen-bond acceptors (Lipinski definition) is 5. The van der Waals surface area contributed by atoms with Crippen molar-refractivity contribution in [2.75, 3.05) is 24.5 Å². The molecule has 4 aromatic rings. The number of likely N-dealkylation sites (N-methyl/N-ethyl adjacent to an activating group) is 1. The number of sulfonamides is 1. The van der Waals surface area contributed by atoms with Crippen LogP contribution in [-0.2, 0) is 32.6 Å². The van der Waals surface area contributed by atoms with Crippen LogP contribution in [-0.4, -0.2) is 51.4 Å². The van der Waals surface area contributed by atoms with Gasteiger partial charge in [0.2, 0.25) is 11.8 Å². The second-order valence-corrected chi connectivity index (χ2v) is 12.6. The first-order valence-electron chi connectivity index (χ1n) is 14.2. The molecule has 4 rings (SSSR count). The summed E-state index contributed by atoms with van der Waals surface area (Å²) in [5.41, 5.74) is 2.98. The van der Waals surface area contributed by atoms with Crippen LogP contribution in [0.1, 0.15) is 23.6 Å². The molecule has 8 nitrogen and oxygen atoms in total. The van der Waals surface area contributed by atoms with Gasteiger partial charge in [0.25, 0.3) is 10.0 Å². The lowest BCUT2D eigenvalue weighted by Crippen LogP contribution is -2.53. The summed E-state index contributed by atoms with van der Waals surface area (Å²) in [7, 11) is -2.74. The van der Waals surface area contributed by atoms with Gasteiger partial charge in [-0.15, -0.1) is 0 Å². The van der Waals surface area contributed by atoms with E-state index in [1.807, 2.05) is 68.4 Å². The number of ether oxygens (including phenoxy) is 1. The second kappa shape index (κ2) is 14.9. The molecule has 0 radical (unpaired) electrons. The molecular formula is C34H36ClN3O5S. The zero-order valence-electron chi connectivity index (χ0n) is 24.9. The predicted molar refractivity (Wildman–Crippen MR) is 173 cm³/mol. The van der Waals surface area contributed by atoms with Gasteiger partial charge in [0.1, 0.15) is 18.3 Å². The van der Waals surface area contributed by atoms with Crippen LogP contribution in [0, 0.1) is 6.92 Å². The van der Waals surface area contributed by atoms with Gasteiger partial charge in [-0.25, -0.2) is 8.42 Å². The van der Waals surface area contributed by atoms with Crippen LogP contribution in [0.3, 0.4) is 0 Å². The number of benzene rings is 4. The Kier molecular flexibility index (Phi) is 11.0. The maximum absolute atomic E-state index is 14.4. The van der Waals surface area contributed by atoms with Gasteiger partial charge in [0.15, 0.2) is 0 Å². The maximum Gasteiger partial charge on any atom is 0.264 e. The van der Waals surface area contributed by atoms with Crippen molar-refractivity contribution in [3.8, 4) is 5.75 Å². The molecule has 4 aromatic carbocycles. The van der Waals surface area contributed by atoms with Crippen LogP contribution in [0.15, 0.2) is 108 Å². The van der Waals surface area contributed by atoms with Crippen molar-refractivity contribution in [1.82, 2.24) is 10.2 Å². The van der Waals surface area contributed by atoms with Crippen LogP contribution in [0.5, 0.6) is 5.75 Å². The number of amides is 2. The van der Waals surface area contributed by atoms with Crippen molar-refractivity contribution in [2.45, 2.75) is 37.8 Å². The zero-order valence-corrected chi connectivity index (χ0v) is 26.5. The molecule has 0 heterocycles. The highest BCUT2D eigenvalue weighted by Crippen LogP contribution is 2.27. The largest absolute Gasteiger partial charge is 0.497 e. The van der Waals surface area contributed by atoms with Crippen molar-refractivity contribution in [3.05, 3.63) is 125 Å². The lowest BCUT2D eigenvalue weighted by Gasteiger charge is -2.34. The first-order valence-corrected chi connectivity index (χ1v) is 16.0. The fourth-order valence-electron chi connectivity index (χ4n) is 4.75. The lowest BCUT2D eigenvalue weighted by atomic mass is 10.0. The van der Waals surface area contributed by atoms with E-state index in [0.717, 1.165) is 21.0 Å². The molecule has 1 unspecified atom stereocenters. The van der Waals surface area contributed by atoms with E-state index in [-0.39, 0.29) is 29.5 Å². The molecule has 0 saturated heterocycles. The van der Waals surface area contributed by atoms with Gasteiger partial charge in [-0.1, -0.05) is 71.8 Å². The molecular weight excluding hydrogens is 598 g/mol. The molecule has 10 heteroatoms. The predicted octanol–water partition coefficient (Wildman–Crippen LogP) is 5.63. The smallest absolute Gasteiger partial charge is 0.264 e. The highest BCUT2D eigenvalue weighted by Gasteiger charge is 2.34. The summed E-state index contributed by atoms with van der Waals surface area (Å²) in [5, 5.41) is 3.28. The minimum absolute atomic E-state index is 0.0179. The molecule has 1 N–H and O–H groups in total. The van der Waals surface area contributed by atoms with Gasteiger partial charge in [0.05, 0.1) is 17.7 Å². The zero-order chi connectivity index (χ0) is 31.7. The first-order chi connectivity index (χ1) is 21.1. The molecule has 0 aliphatic carbocycles. The van der Waals surface area contributed by atoms with E-state index in [1.54, 1.807) is 36.4 Å². The number of halogens is 1. The fraction of sp³-hybridized carbons (Fsp3) is 0.235. The van der Waals surface area contributed by atoms with E-state index >= 15 is 0 Å². The molecule has 2 amide bonds. The maximum atomic E-state index is 14.4. The quantitative estimate of drug-likeness (QED) is 0.206. The SMILES string of the molecule is CCNC(=O)C(Cc1ccccc1)N(Cc1ccc(C)cc1)C(=O)CN(c1ccc(Cl)cc1)S(=O)(=O)c1ccc(OC)cc1. The number of carbonyl (C=O) groups is 2. The Bertz CT molecular complexity index is 1650. The molecule has 0 fully saturated rings. The number of carbonyl (C=O) groups excluding carboxylic acids is 2. The van der Waals surface area contributed by atoms with E-state index in [4.69, 9.17) is 16.3 Å². The van der Waals surface area contributed by atoms with E-state index in [1.165, 1.54) is 24.1 Å². The summed E-state index contributed by atoms with van der Waals surface area (Å²) in [5.74, 6) is -0.370. The molecule has 1 atom stereocenters. The van der Waals surface area contributed by atoms with E-state index in [0.29, 0.717) is 17.3 Å². The van der Waals surface area contributed by atoms with Crippen LogP contribution in [0.4, 0.5) is 5.69 Å². The van der Waals surface area contributed by atoms with Crippen molar-refractivity contribution in [2.24, 2.45) is 0 Å². The van der Waals surface area contributed by atoms with E-state index in [2.05, 4.69) is 5.32 Å². The summed E-state index contributed by atoms with van der Waals surface area (Å²) in [6.45, 7) is 3.71. The molecule has 0 aliphatic heterocycles. The van der Waals surface area contributed by atoms with Crippen molar-refractivity contribution >= 4 is 39.1 Å². The third-order valence-electron chi connectivity index (χ3n) is 7.14. The van der Waals surface area contributed by atoms with Crippen LogP contribution < -0.4 is 14.4 Å². The highest BCUT2D eigenvalue weighted by atomic mass is 35.5. The molecule has 0 bridgehead atoms. The molecule has 0 spiro atoms. The van der Waals surface area contributed by atoms with E-state index < -0.39 is 28.5 Å². The Hall–Kier alpha value is -4.34. The van der Waals surface area contributed by atoms with Gasteiger partial charge in [-0.2, -0.15) is 0 Å². The Morgan fingerprint density at radius 3 is 2.09 bits per heavy atom. The van der Waals surface area contributed by atoms with Gasteiger partial charge in [-0.05, 0) is 73.5 Å². The van der Waals surface area contributed by atoms with Crippen LogP contribution >= 0.6 is 11.6 Å². The molecule has 44 heavy (non-hydrogen) atoms.